The highest BCUT2D eigenvalue weighted by molar-refractivity contribution is 7.89. The van der Waals surface area contributed by atoms with Crippen LogP contribution in [0.5, 0.6) is 0 Å². The molecule has 0 aliphatic carbocycles. The van der Waals surface area contributed by atoms with Crippen LogP contribution in [-0.4, -0.2) is 52.4 Å². The van der Waals surface area contributed by atoms with Gasteiger partial charge in [0.25, 0.3) is 8.32 Å². The third kappa shape index (κ3) is 4.78. The van der Waals surface area contributed by atoms with Crippen LogP contribution in [0.25, 0.3) is 0 Å². The summed E-state index contributed by atoms with van der Waals surface area (Å²) in [7, 11) is -6.36. The summed E-state index contributed by atoms with van der Waals surface area (Å²) in [5, 5.41) is 2.26. The van der Waals surface area contributed by atoms with Crippen LogP contribution in [0.1, 0.15) is 33.3 Å². The Morgan fingerprint density at radius 1 is 0.921 bits per heavy atom. The molecule has 0 radical (unpaired) electrons. The first-order chi connectivity index (χ1) is 18.0. The molecular formula is C30H38N2O4SSi. The highest BCUT2D eigenvalue weighted by Gasteiger charge is 2.55. The summed E-state index contributed by atoms with van der Waals surface area (Å²) in [5.74, 6) is -0.0107. The Balaban J connectivity index is 1.44. The molecule has 0 saturated carbocycles. The van der Waals surface area contributed by atoms with Gasteiger partial charge in [-0.2, -0.15) is 9.79 Å². The molecule has 0 aromatic heterocycles. The lowest BCUT2D eigenvalue weighted by molar-refractivity contribution is -0.0473. The molecule has 8 heteroatoms. The van der Waals surface area contributed by atoms with E-state index in [4.69, 9.17) is 9.26 Å². The molecule has 2 aliphatic rings. The van der Waals surface area contributed by atoms with E-state index >= 15 is 0 Å². The Labute approximate surface area is 228 Å². The van der Waals surface area contributed by atoms with Crippen LogP contribution >= 0.6 is 0 Å². The van der Waals surface area contributed by atoms with E-state index in [9.17, 15) is 8.42 Å². The zero-order valence-electron chi connectivity index (χ0n) is 22.8. The molecule has 3 aromatic rings. The van der Waals surface area contributed by atoms with E-state index in [1.165, 1.54) is 10.4 Å². The molecule has 38 heavy (non-hydrogen) atoms. The molecule has 2 aliphatic heterocycles. The van der Waals surface area contributed by atoms with Gasteiger partial charge in [-0.1, -0.05) is 99.1 Å². The number of hydroxylamine groups is 1. The number of rotatable bonds is 7. The van der Waals surface area contributed by atoms with Crippen LogP contribution < -0.4 is 15.9 Å². The second kappa shape index (κ2) is 10.3. The number of benzene rings is 3. The van der Waals surface area contributed by atoms with Gasteiger partial charge in [-0.15, -0.1) is 0 Å². The average Bonchev–Trinajstić information content (AvgIpc) is 3.50. The predicted octanol–water partition coefficient (Wildman–Crippen LogP) is 3.85. The fraction of sp³-hybridized carbons (Fsp3) is 0.400. The summed E-state index contributed by atoms with van der Waals surface area (Å²) in [6.45, 7) is 11.6. The first-order valence-electron chi connectivity index (χ1n) is 13.3. The first kappa shape index (κ1) is 27.2. The van der Waals surface area contributed by atoms with Crippen LogP contribution in [-0.2, 0) is 19.3 Å². The van der Waals surface area contributed by atoms with E-state index in [1.54, 1.807) is 16.4 Å². The van der Waals surface area contributed by atoms with Crippen LogP contribution in [0, 0.1) is 12.8 Å². The van der Waals surface area contributed by atoms with Crippen molar-refractivity contribution in [2.45, 2.75) is 62.8 Å². The van der Waals surface area contributed by atoms with Gasteiger partial charge in [0.05, 0.1) is 17.0 Å². The Hall–Kier alpha value is -2.33. The van der Waals surface area contributed by atoms with Crippen LogP contribution in [0.4, 0.5) is 0 Å². The molecule has 1 N–H and O–H groups in total. The summed E-state index contributed by atoms with van der Waals surface area (Å²) in [5.41, 5.74) is 4.18. The summed E-state index contributed by atoms with van der Waals surface area (Å²) in [4.78, 5) is 6.45. The maximum Gasteiger partial charge on any atom is 0.261 e. The zero-order chi connectivity index (χ0) is 27.1. The van der Waals surface area contributed by atoms with E-state index in [0.29, 0.717) is 18.0 Å². The lowest BCUT2D eigenvalue weighted by Gasteiger charge is -2.45. The molecule has 2 fully saturated rings. The number of nitrogens with one attached hydrogen (secondary N) is 1. The molecule has 5 rings (SSSR count). The monoisotopic (exact) mass is 550 g/mol. The van der Waals surface area contributed by atoms with Crippen molar-refractivity contribution < 1.29 is 17.7 Å². The highest BCUT2D eigenvalue weighted by atomic mass is 32.2. The molecule has 0 spiro atoms. The summed E-state index contributed by atoms with van der Waals surface area (Å²) < 4.78 is 35.7. The van der Waals surface area contributed by atoms with E-state index in [2.05, 4.69) is 81.7 Å². The van der Waals surface area contributed by atoms with Gasteiger partial charge in [0, 0.05) is 19.0 Å². The average molecular weight is 551 g/mol. The molecule has 2 saturated heterocycles. The normalized spacial score (nSPS) is 23.3. The van der Waals surface area contributed by atoms with Crippen molar-refractivity contribution >= 4 is 28.7 Å². The lowest BCUT2D eigenvalue weighted by atomic mass is 9.96. The standard InChI is InChI=1S/C30H38N2O4SSi/c1-22-16-18-24(19-17-22)37(33,34)32-20-27-28(21-32)31-35-29(27)23(2)36-38(30(3,4)5,25-12-8-6-9-13-25)26-14-10-7-11-15-26/h6-19,23,27-29,31H,20-21H2,1-5H3/t23-,27+,28-,29-/m0/s1. The van der Waals surface area contributed by atoms with Crippen molar-refractivity contribution in [2.24, 2.45) is 5.92 Å². The number of nitrogens with zero attached hydrogens (tertiary/aromatic N) is 1. The zero-order valence-corrected chi connectivity index (χ0v) is 24.6. The maximum atomic E-state index is 13.4. The van der Waals surface area contributed by atoms with Gasteiger partial charge in [0.15, 0.2) is 0 Å². The van der Waals surface area contributed by atoms with Gasteiger partial charge >= 0.3 is 0 Å². The minimum atomic E-state index is -3.59. The van der Waals surface area contributed by atoms with Crippen molar-refractivity contribution in [1.29, 1.82) is 0 Å². The van der Waals surface area contributed by atoms with E-state index in [0.717, 1.165) is 5.56 Å². The first-order valence-corrected chi connectivity index (χ1v) is 16.7. The molecule has 0 bridgehead atoms. The lowest BCUT2D eigenvalue weighted by Crippen LogP contribution is -2.68. The maximum absolute atomic E-state index is 13.4. The molecule has 4 atom stereocenters. The van der Waals surface area contributed by atoms with Gasteiger partial charge in [-0.3, -0.25) is 4.84 Å². The number of hydrogen-bond acceptors (Lipinski definition) is 5. The quantitative estimate of drug-likeness (QED) is 0.453. The molecule has 6 nitrogen and oxygen atoms in total. The third-order valence-corrected chi connectivity index (χ3v) is 15.0. The smallest absolute Gasteiger partial charge is 0.261 e. The topological polar surface area (TPSA) is 67.9 Å². The Morgan fingerprint density at radius 2 is 1.47 bits per heavy atom. The van der Waals surface area contributed by atoms with Crippen LogP contribution in [0.15, 0.2) is 89.8 Å². The minimum absolute atomic E-state index is 0.0107. The highest BCUT2D eigenvalue weighted by Crippen LogP contribution is 2.40. The van der Waals surface area contributed by atoms with Crippen LogP contribution in [0.2, 0.25) is 5.04 Å². The predicted molar refractivity (Wildman–Crippen MR) is 153 cm³/mol. The fourth-order valence-corrected chi connectivity index (χ4v) is 12.2. The molecule has 202 valence electrons. The summed E-state index contributed by atoms with van der Waals surface area (Å²) in [6, 6.07) is 28.1. The molecule has 2 heterocycles. The molecule has 0 unspecified atom stereocenters. The van der Waals surface area contributed by atoms with Crippen LogP contribution in [0.3, 0.4) is 0 Å². The van der Waals surface area contributed by atoms with Gasteiger partial charge < -0.3 is 4.43 Å². The van der Waals surface area contributed by atoms with Gasteiger partial charge in [-0.05, 0) is 41.4 Å². The van der Waals surface area contributed by atoms with E-state index in [-0.39, 0.29) is 29.2 Å². The number of fused-ring (bicyclic) bond motifs is 1. The second-order valence-corrected chi connectivity index (χ2v) is 17.8. The second-order valence-electron chi connectivity index (χ2n) is 11.6. The van der Waals surface area contributed by atoms with E-state index in [1.807, 2.05) is 31.2 Å². The number of aryl methyl sites for hydroxylation is 1. The van der Waals surface area contributed by atoms with Crippen molar-refractivity contribution in [3.8, 4) is 0 Å². The number of sulfonamides is 1. The number of hydrogen-bond donors (Lipinski definition) is 1. The van der Waals surface area contributed by atoms with Crippen molar-refractivity contribution in [2.75, 3.05) is 13.1 Å². The largest absolute Gasteiger partial charge is 0.402 e. The van der Waals surface area contributed by atoms with Gasteiger partial charge in [-0.25, -0.2) is 8.42 Å². The fourth-order valence-electron chi connectivity index (χ4n) is 6.04. The SMILES string of the molecule is Cc1ccc(S(=O)(=O)N2C[C@H]3[C@H]([C@H](C)O[Si](c4ccccc4)(c4ccccc4)C(C)(C)C)ON[C@H]3C2)cc1. The Kier molecular flexibility index (Phi) is 7.41. The summed E-state index contributed by atoms with van der Waals surface area (Å²) in [6.07, 6.45) is -0.536. The molecule has 3 aromatic carbocycles. The summed E-state index contributed by atoms with van der Waals surface area (Å²) >= 11 is 0. The Bertz CT molecular complexity index is 1310. The van der Waals surface area contributed by atoms with Crippen molar-refractivity contribution in [3.63, 3.8) is 0 Å². The third-order valence-electron chi connectivity index (χ3n) is 8.01. The van der Waals surface area contributed by atoms with Crippen molar-refractivity contribution in [1.82, 2.24) is 9.79 Å². The minimum Gasteiger partial charge on any atom is -0.402 e. The van der Waals surface area contributed by atoms with Gasteiger partial charge in [0.1, 0.15) is 6.10 Å². The Morgan fingerprint density at radius 3 is 2.00 bits per heavy atom. The molecule has 0 amide bonds. The van der Waals surface area contributed by atoms with E-state index < -0.39 is 18.3 Å². The molecular weight excluding hydrogens is 512 g/mol. The van der Waals surface area contributed by atoms with Crippen molar-refractivity contribution in [3.05, 3.63) is 90.5 Å². The van der Waals surface area contributed by atoms with Gasteiger partial charge in [0.2, 0.25) is 10.0 Å².